The first kappa shape index (κ1) is 13.8. The molecule has 0 fully saturated rings. The van der Waals surface area contributed by atoms with Crippen LogP contribution in [0, 0.1) is 5.82 Å². The average molecular weight is 329 g/mol. The van der Waals surface area contributed by atoms with Crippen LogP contribution in [0.1, 0.15) is 17.2 Å². The fraction of sp³-hybridized carbons (Fsp3) is 0.0667. The Labute approximate surface area is 135 Å². The van der Waals surface area contributed by atoms with Crippen molar-refractivity contribution in [3.63, 3.8) is 0 Å². The number of benzene rings is 1. The number of nitrogens with one attached hydrogen (secondary N) is 1. The summed E-state index contributed by atoms with van der Waals surface area (Å²) in [5.41, 5.74) is 1.91. The average Bonchev–Trinajstić information content (AvgIpc) is 3.04. The number of allylic oxidation sites excluding steroid dienone is 1. The Bertz CT molecular complexity index is 872. The highest BCUT2D eigenvalue weighted by atomic mass is 35.5. The molecule has 2 aromatic heterocycles. The van der Waals surface area contributed by atoms with Gasteiger partial charge in [-0.3, -0.25) is 4.98 Å². The number of hydrogen-bond acceptors (Lipinski definition) is 5. The molecule has 3 heterocycles. The van der Waals surface area contributed by atoms with E-state index in [-0.39, 0.29) is 0 Å². The SMILES string of the molecule is Fc1cccc(Cl)c1[C@@H]1C=C(c2cccnc2)Nc2nnnn21. The van der Waals surface area contributed by atoms with Gasteiger partial charge in [-0.1, -0.05) is 22.8 Å². The van der Waals surface area contributed by atoms with Crippen LogP contribution in [0.25, 0.3) is 5.70 Å². The molecular formula is C15H10ClFN6. The van der Waals surface area contributed by atoms with E-state index in [0.29, 0.717) is 16.5 Å². The van der Waals surface area contributed by atoms with Crippen molar-refractivity contribution < 1.29 is 4.39 Å². The van der Waals surface area contributed by atoms with E-state index in [9.17, 15) is 4.39 Å². The van der Waals surface area contributed by atoms with Crippen LogP contribution in [-0.2, 0) is 0 Å². The zero-order valence-electron chi connectivity index (χ0n) is 11.7. The number of tetrazole rings is 1. The number of halogens is 2. The lowest BCUT2D eigenvalue weighted by Gasteiger charge is -2.24. The number of fused-ring (bicyclic) bond motifs is 1. The van der Waals surface area contributed by atoms with E-state index in [4.69, 9.17) is 11.6 Å². The van der Waals surface area contributed by atoms with Gasteiger partial charge >= 0.3 is 0 Å². The first-order valence-electron chi connectivity index (χ1n) is 6.85. The predicted octanol–water partition coefficient (Wildman–Crippen LogP) is 2.92. The molecule has 0 radical (unpaired) electrons. The minimum atomic E-state index is -0.551. The summed E-state index contributed by atoms with van der Waals surface area (Å²) in [6.07, 6.45) is 5.21. The van der Waals surface area contributed by atoms with Crippen LogP contribution in [0.3, 0.4) is 0 Å². The van der Waals surface area contributed by atoms with E-state index in [1.807, 2.05) is 18.2 Å². The van der Waals surface area contributed by atoms with Crippen molar-refractivity contribution in [3.8, 4) is 0 Å². The number of anilines is 1. The van der Waals surface area contributed by atoms with Crippen LogP contribution in [0.5, 0.6) is 0 Å². The van der Waals surface area contributed by atoms with Gasteiger partial charge in [0.15, 0.2) is 0 Å². The number of rotatable bonds is 2. The van der Waals surface area contributed by atoms with Crippen LogP contribution < -0.4 is 5.32 Å². The highest BCUT2D eigenvalue weighted by molar-refractivity contribution is 6.31. The molecule has 114 valence electrons. The molecule has 1 atom stereocenters. The molecule has 0 spiro atoms. The Hall–Kier alpha value is -2.80. The second-order valence-electron chi connectivity index (χ2n) is 4.97. The lowest BCUT2D eigenvalue weighted by atomic mass is 10.0. The Kier molecular flexibility index (Phi) is 3.27. The Morgan fingerprint density at radius 3 is 2.91 bits per heavy atom. The number of hydrogen-bond donors (Lipinski definition) is 1. The Morgan fingerprint density at radius 2 is 2.13 bits per heavy atom. The highest BCUT2D eigenvalue weighted by Gasteiger charge is 2.28. The summed E-state index contributed by atoms with van der Waals surface area (Å²) in [6, 6.07) is 7.74. The second kappa shape index (κ2) is 5.44. The van der Waals surface area contributed by atoms with E-state index in [2.05, 4.69) is 25.8 Å². The lowest BCUT2D eigenvalue weighted by molar-refractivity contribution is 0.540. The van der Waals surface area contributed by atoms with Gasteiger partial charge in [0, 0.05) is 34.2 Å². The van der Waals surface area contributed by atoms with Crippen molar-refractivity contribution in [2.45, 2.75) is 6.04 Å². The molecule has 0 saturated carbocycles. The summed E-state index contributed by atoms with van der Waals surface area (Å²) in [5.74, 6) is 0.00306. The van der Waals surface area contributed by atoms with Gasteiger partial charge in [0.1, 0.15) is 11.9 Å². The number of aromatic nitrogens is 5. The molecule has 3 aromatic rings. The van der Waals surface area contributed by atoms with Crippen molar-refractivity contribution >= 4 is 23.2 Å². The Balaban J connectivity index is 1.89. The summed E-state index contributed by atoms with van der Waals surface area (Å²) >= 11 is 6.21. The van der Waals surface area contributed by atoms with Crippen LogP contribution >= 0.6 is 11.6 Å². The van der Waals surface area contributed by atoms with Gasteiger partial charge in [0.2, 0.25) is 5.95 Å². The molecule has 1 aliphatic rings. The summed E-state index contributed by atoms with van der Waals surface area (Å²) in [7, 11) is 0. The van der Waals surface area contributed by atoms with Gasteiger partial charge < -0.3 is 5.32 Å². The van der Waals surface area contributed by atoms with Gasteiger partial charge in [-0.15, -0.1) is 0 Å². The zero-order chi connectivity index (χ0) is 15.8. The number of nitrogens with zero attached hydrogens (tertiary/aromatic N) is 5. The van der Waals surface area contributed by atoms with Gasteiger partial charge in [-0.05, 0) is 40.8 Å². The van der Waals surface area contributed by atoms with Crippen molar-refractivity contribution in [2.24, 2.45) is 0 Å². The summed E-state index contributed by atoms with van der Waals surface area (Å²) < 4.78 is 15.8. The lowest BCUT2D eigenvalue weighted by Crippen LogP contribution is -2.21. The topological polar surface area (TPSA) is 68.5 Å². The maximum atomic E-state index is 14.3. The van der Waals surface area contributed by atoms with E-state index in [1.165, 1.54) is 10.7 Å². The molecule has 0 unspecified atom stereocenters. The van der Waals surface area contributed by atoms with E-state index < -0.39 is 11.9 Å². The quantitative estimate of drug-likeness (QED) is 0.783. The first-order chi connectivity index (χ1) is 11.2. The minimum Gasteiger partial charge on any atom is -0.323 e. The minimum absolute atomic E-state index is 0.320. The normalized spacial score (nSPS) is 16.4. The van der Waals surface area contributed by atoms with Crippen molar-refractivity contribution in [3.05, 3.63) is 70.8 Å². The third kappa shape index (κ3) is 2.35. The third-order valence-corrected chi connectivity index (χ3v) is 3.92. The predicted molar refractivity (Wildman–Crippen MR) is 83.2 cm³/mol. The molecule has 6 nitrogen and oxygen atoms in total. The third-order valence-electron chi connectivity index (χ3n) is 3.60. The fourth-order valence-electron chi connectivity index (χ4n) is 2.54. The molecular weight excluding hydrogens is 319 g/mol. The summed E-state index contributed by atoms with van der Waals surface area (Å²) in [4.78, 5) is 4.10. The van der Waals surface area contributed by atoms with Crippen LogP contribution in [0.2, 0.25) is 5.02 Å². The van der Waals surface area contributed by atoms with Gasteiger partial charge in [-0.25, -0.2) is 4.39 Å². The molecule has 1 aliphatic heterocycles. The van der Waals surface area contributed by atoms with Gasteiger partial charge in [-0.2, -0.15) is 4.68 Å². The van der Waals surface area contributed by atoms with Crippen molar-refractivity contribution in [2.75, 3.05) is 5.32 Å². The largest absolute Gasteiger partial charge is 0.323 e. The maximum absolute atomic E-state index is 14.3. The van der Waals surface area contributed by atoms with E-state index in [1.54, 1.807) is 24.5 Å². The highest BCUT2D eigenvalue weighted by Crippen LogP contribution is 2.35. The zero-order valence-corrected chi connectivity index (χ0v) is 12.4. The van der Waals surface area contributed by atoms with Crippen molar-refractivity contribution in [1.82, 2.24) is 25.2 Å². The second-order valence-corrected chi connectivity index (χ2v) is 5.38. The molecule has 23 heavy (non-hydrogen) atoms. The fourth-order valence-corrected chi connectivity index (χ4v) is 2.82. The molecule has 0 saturated heterocycles. The molecule has 4 rings (SSSR count). The molecule has 0 bridgehead atoms. The van der Waals surface area contributed by atoms with Crippen LogP contribution in [0.15, 0.2) is 48.8 Å². The molecule has 0 amide bonds. The number of pyridine rings is 1. The van der Waals surface area contributed by atoms with Gasteiger partial charge in [0.05, 0.1) is 0 Å². The smallest absolute Gasteiger partial charge is 0.248 e. The monoisotopic (exact) mass is 328 g/mol. The molecule has 1 N–H and O–H groups in total. The summed E-state index contributed by atoms with van der Waals surface area (Å²) in [6.45, 7) is 0. The van der Waals surface area contributed by atoms with Crippen molar-refractivity contribution in [1.29, 1.82) is 0 Å². The molecule has 0 aliphatic carbocycles. The first-order valence-corrected chi connectivity index (χ1v) is 7.23. The summed E-state index contributed by atoms with van der Waals surface area (Å²) in [5, 5.41) is 15.0. The van der Waals surface area contributed by atoms with E-state index >= 15 is 0 Å². The standard InChI is InChI=1S/C15H10ClFN6/c16-10-4-1-5-11(17)14(10)13-7-12(9-3-2-6-18-8-9)19-15-20-21-22-23(13)15/h1-8,13H,(H,19,20,22)/t13-/m0/s1. The van der Waals surface area contributed by atoms with Crippen LogP contribution in [-0.4, -0.2) is 25.2 Å². The Morgan fingerprint density at radius 1 is 1.22 bits per heavy atom. The maximum Gasteiger partial charge on any atom is 0.248 e. The van der Waals surface area contributed by atoms with Gasteiger partial charge in [0.25, 0.3) is 0 Å². The van der Waals surface area contributed by atoms with Crippen LogP contribution in [0.4, 0.5) is 10.3 Å². The molecule has 1 aromatic carbocycles. The molecule has 8 heteroatoms. The van der Waals surface area contributed by atoms with E-state index in [0.717, 1.165) is 11.3 Å².